The number of tetrazole rings is 1. The first-order valence-corrected chi connectivity index (χ1v) is 5.97. The van der Waals surface area contributed by atoms with Gasteiger partial charge in [-0.2, -0.15) is 5.21 Å². The van der Waals surface area contributed by atoms with Crippen LogP contribution in [0.4, 0.5) is 5.69 Å². The van der Waals surface area contributed by atoms with Crippen LogP contribution in [-0.4, -0.2) is 32.1 Å². The summed E-state index contributed by atoms with van der Waals surface area (Å²) in [5, 5.41) is 16.4. The number of hydrogen-bond acceptors (Lipinski definition) is 5. The molecule has 0 saturated heterocycles. The third kappa shape index (κ3) is 2.94. The van der Waals surface area contributed by atoms with E-state index in [4.69, 9.17) is 5.73 Å². The number of aromatic amines is 1. The summed E-state index contributed by atoms with van der Waals surface area (Å²) in [4.78, 5) is 12.0. The standard InChI is InChI=1S/C12H16N6O/c1-3-12(2,13)11(19)14-9-6-4-5-8(7-9)10-15-17-18-16-10/h4-7H,3,13H2,1-2H3,(H,14,19)(H,15,16,17,18). The maximum Gasteiger partial charge on any atom is 0.244 e. The fourth-order valence-corrected chi connectivity index (χ4v) is 1.45. The second-order valence-electron chi connectivity index (χ2n) is 4.54. The van der Waals surface area contributed by atoms with Gasteiger partial charge >= 0.3 is 0 Å². The first kappa shape index (κ1) is 13.2. The molecule has 0 aliphatic rings. The normalized spacial score (nSPS) is 13.8. The average molecular weight is 260 g/mol. The molecule has 0 radical (unpaired) electrons. The Balaban J connectivity index is 2.19. The van der Waals surface area contributed by atoms with Gasteiger partial charge in [0.05, 0.1) is 5.54 Å². The summed E-state index contributed by atoms with van der Waals surface area (Å²) < 4.78 is 0. The molecule has 0 bridgehead atoms. The molecule has 0 saturated carbocycles. The molecule has 100 valence electrons. The number of nitrogens with zero attached hydrogens (tertiary/aromatic N) is 3. The Hall–Kier alpha value is -2.28. The van der Waals surface area contributed by atoms with Crippen LogP contribution in [0.25, 0.3) is 11.4 Å². The van der Waals surface area contributed by atoms with Crippen LogP contribution < -0.4 is 11.1 Å². The van der Waals surface area contributed by atoms with Crippen molar-refractivity contribution in [3.8, 4) is 11.4 Å². The number of carbonyl (C=O) groups is 1. The van der Waals surface area contributed by atoms with E-state index in [1.807, 2.05) is 13.0 Å². The molecule has 4 N–H and O–H groups in total. The molecule has 1 atom stereocenters. The summed E-state index contributed by atoms with van der Waals surface area (Å²) in [7, 11) is 0. The van der Waals surface area contributed by atoms with Gasteiger partial charge in [0.15, 0.2) is 0 Å². The predicted octanol–water partition coefficient (Wildman–Crippen LogP) is 0.933. The van der Waals surface area contributed by atoms with E-state index in [1.54, 1.807) is 25.1 Å². The van der Waals surface area contributed by atoms with Crippen LogP contribution >= 0.6 is 0 Å². The van der Waals surface area contributed by atoms with Gasteiger partial charge < -0.3 is 11.1 Å². The summed E-state index contributed by atoms with van der Waals surface area (Å²) in [6.45, 7) is 3.57. The lowest BCUT2D eigenvalue weighted by Gasteiger charge is -2.21. The summed E-state index contributed by atoms with van der Waals surface area (Å²) in [5.41, 5.74) is 6.42. The molecule has 0 aliphatic heterocycles. The Bertz CT molecular complexity index is 563. The number of H-pyrrole nitrogens is 1. The van der Waals surface area contributed by atoms with E-state index in [9.17, 15) is 4.79 Å². The second kappa shape index (κ2) is 5.15. The van der Waals surface area contributed by atoms with Crippen LogP contribution in [0.15, 0.2) is 24.3 Å². The highest BCUT2D eigenvalue weighted by atomic mass is 16.2. The third-order valence-corrected chi connectivity index (χ3v) is 2.98. The zero-order valence-electron chi connectivity index (χ0n) is 10.8. The molecule has 0 fully saturated rings. The fourth-order valence-electron chi connectivity index (χ4n) is 1.45. The van der Waals surface area contributed by atoms with Crippen LogP contribution in [0.1, 0.15) is 20.3 Å². The molecule has 2 aromatic rings. The molecule has 1 heterocycles. The van der Waals surface area contributed by atoms with Crippen LogP contribution in [0.5, 0.6) is 0 Å². The molecule has 19 heavy (non-hydrogen) atoms. The van der Waals surface area contributed by atoms with Gasteiger partial charge in [0, 0.05) is 11.3 Å². The second-order valence-corrected chi connectivity index (χ2v) is 4.54. The lowest BCUT2D eigenvalue weighted by Crippen LogP contribution is -2.47. The average Bonchev–Trinajstić information content (AvgIpc) is 2.93. The van der Waals surface area contributed by atoms with Crippen molar-refractivity contribution >= 4 is 11.6 Å². The minimum atomic E-state index is -0.887. The highest BCUT2D eigenvalue weighted by Gasteiger charge is 2.25. The molecule has 1 amide bonds. The van der Waals surface area contributed by atoms with Crippen LogP contribution in [0.3, 0.4) is 0 Å². The maximum absolute atomic E-state index is 12.0. The first-order chi connectivity index (χ1) is 9.03. The highest BCUT2D eigenvalue weighted by molar-refractivity contribution is 5.97. The minimum absolute atomic E-state index is 0.222. The zero-order valence-corrected chi connectivity index (χ0v) is 10.8. The molecular weight excluding hydrogens is 244 g/mol. The lowest BCUT2D eigenvalue weighted by atomic mass is 9.99. The van der Waals surface area contributed by atoms with E-state index in [0.717, 1.165) is 5.56 Å². The predicted molar refractivity (Wildman–Crippen MR) is 71.1 cm³/mol. The summed E-state index contributed by atoms with van der Waals surface area (Å²) in [6, 6.07) is 7.20. The van der Waals surface area contributed by atoms with Gasteiger partial charge in [0.1, 0.15) is 0 Å². The van der Waals surface area contributed by atoms with Gasteiger partial charge in [-0.25, -0.2) is 0 Å². The molecule has 1 aromatic carbocycles. The largest absolute Gasteiger partial charge is 0.324 e. The first-order valence-electron chi connectivity index (χ1n) is 5.97. The Morgan fingerprint density at radius 2 is 2.32 bits per heavy atom. The quantitative estimate of drug-likeness (QED) is 0.757. The van der Waals surface area contributed by atoms with E-state index < -0.39 is 5.54 Å². The summed E-state index contributed by atoms with van der Waals surface area (Å²) >= 11 is 0. The van der Waals surface area contributed by atoms with Gasteiger partial charge in [-0.1, -0.05) is 19.1 Å². The van der Waals surface area contributed by atoms with Crippen molar-refractivity contribution < 1.29 is 4.79 Å². The van der Waals surface area contributed by atoms with Crippen molar-refractivity contribution in [1.29, 1.82) is 0 Å². The monoisotopic (exact) mass is 260 g/mol. The molecule has 1 aromatic heterocycles. The summed E-state index contributed by atoms with van der Waals surface area (Å²) in [6.07, 6.45) is 0.559. The molecule has 0 aliphatic carbocycles. The van der Waals surface area contributed by atoms with Gasteiger partial charge in [-0.15, -0.1) is 10.2 Å². The van der Waals surface area contributed by atoms with E-state index >= 15 is 0 Å². The Kier molecular flexibility index (Phi) is 3.57. The van der Waals surface area contributed by atoms with Gasteiger partial charge in [0.2, 0.25) is 11.7 Å². The number of amides is 1. The Morgan fingerprint density at radius 1 is 1.53 bits per heavy atom. The van der Waals surface area contributed by atoms with Crippen molar-refractivity contribution in [2.75, 3.05) is 5.32 Å². The molecule has 2 rings (SSSR count). The van der Waals surface area contributed by atoms with Crippen LogP contribution in [0, 0.1) is 0 Å². The van der Waals surface area contributed by atoms with E-state index in [2.05, 4.69) is 25.9 Å². The number of aromatic nitrogens is 4. The van der Waals surface area contributed by atoms with Gasteiger partial charge in [-0.3, -0.25) is 4.79 Å². The van der Waals surface area contributed by atoms with Crippen molar-refractivity contribution in [1.82, 2.24) is 20.6 Å². The number of rotatable bonds is 4. The van der Waals surface area contributed by atoms with E-state index in [-0.39, 0.29) is 5.91 Å². The van der Waals surface area contributed by atoms with Crippen molar-refractivity contribution in [3.63, 3.8) is 0 Å². The molecule has 0 spiro atoms. The van der Waals surface area contributed by atoms with Gasteiger partial charge in [0.25, 0.3) is 0 Å². The Morgan fingerprint density at radius 3 is 2.95 bits per heavy atom. The highest BCUT2D eigenvalue weighted by Crippen LogP contribution is 2.19. The third-order valence-electron chi connectivity index (χ3n) is 2.98. The lowest BCUT2D eigenvalue weighted by molar-refractivity contribution is -0.120. The minimum Gasteiger partial charge on any atom is -0.324 e. The van der Waals surface area contributed by atoms with Crippen molar-refractivity contribution in [2.45, 2.75) is 25.8 Å². The molecular formula is C12H16N6O. The smallest absolute Gasteiger partial charge is 0.244 e. The number of hydrogen-bond donors (Lipinski definition) is 3. The van der Waals surface area contributed by atoms with Crippen molar-refractivity contribution in [2.24, 2.45) is 5.73 Å². The fraction of sp³-hybridized carbons (Fsp3) is 0.333. The molecule has 7 nitrogen and oxygen atoms in total. The number of benzene rings is 1. The van der Waals surface area contributed by atoms with E-state index in [1.165, 1.54) is 0 Å². The topological polar surface area (TPSA) is 110 Å². The maximum atomic E-state index is 12.0. The van der Waals surface area contributed by atoms with E-state index in [0.29, 0.717) is 17.9 Å². The Labute approximate surface area is 110 Å². The van der Waals surface area contributed by atoms with Gasteiger partial charge in [-0.05, 0) is 30.7 Å². The summed E-state index contributed by atoms with van der Waals surface area (Å²) in [5.74, 6) is 0.252. The SMILES string of the molecule is CCC(C)(N)C(=O)Nc1cccc(-c2nn[nH]n2)c1. The zero-order chi connectivity index (χ0) is 13.9. The van der Waals surface area contributed by atoms with Crippen LogP contribution in [0.2, 0.25) is 0 Å². The number of anilines is 1. The molecule has 7 heteroatoms. The number of nitrogens with two attached hydrogens (primary N) is 1. The number of nitrogens with one attached hydrogen (secondary N) is 2. The van der Waals surface area contributed by atoms with Crippen LogP contribution in [-0.2, 0) is 4.79 Å². The van der Waals surface area contributed by atoms with Crippen molar-refractivity contribution in [3.05, 3.63) is 24.3 Å². The number of carbonyl (C=O) groups excluding carboxylic acids is 1. The molecule has 1 unspecified atom stereocenters.